The van der Waals surface area contributed by atoms with Crippen LogP contribution in [0.5, 0.6) is 11.5 Å². The van der Waals surface area contributed by atoms with Gasteiger partial charge < -0.3 is 20.9 Å². The van der Waals surface area contributed by atoms with Crippen molar-refractivity contribution in [1.82, 2.24) is 0 Å². The van der Waals surface area contributed by atoms with Crippen LogP contribution in [0.1, 0.15) is 19.4 Å². The molecule has 0 atom stereocenters. The maximum Gasteiger partial charge on any atom is 0.193 e. The van der Waals surface area contributed by atoms with Crippen molar-refractivity contribution in [2.24, 2.45) is 10.7 Å². The average molecular weight is 299 g/mol. The molecule has 116 valence electrons. The molecule has 0 saturated carbocycles. The van der Waals surface area contributed by atoms with Crippen LogP contribution in [-0.4, -0.2) is 17.2 Å². The lowest BCUT2D eigenvalue weighted by Crippen LogP contribution is -2.22. The molecule has 0 aromatic heterocycles. The van der Waals surface area contributed by atoms with E-state index >= 15 is 0 Å². The summed E-state index contributed by atoms with van der Waals surface area (Å²) in [6.45, 7) is 4.42. The van der Waals surface area contributed by atoms with Gasteiger partial charge in [-0.1, -0.05) is 12.1 Å². The Kier molecular flexibility index (Phi) is 5.25. The Labute approximate surface area is 130 Å². The number of ether oxygens (including phenoxy) is 1. The van der Waals surface area contributed by atoms with Crippen LogP contribution in [-0.2, 0) is 6.54 Å². The van der Waals surface area contributed by atoms with Gasteiger partial charge in [-0.25, -0.2) is 4.99 Å². The molecule has 22 heavy (non-hydrogen) atoms. The van der Waals surface area contributed by atoms with Crippen molar-refractivity contribution in [3.8, 4) is 11.5 Å². The van der Waals surface area contributed by atoms with Crippen LogP contribution < -0.4 is 15.8 Å². The summed E-state index contributed by atoms with van der Waals surface area (Å²) in [6, 6.07) is 14.4. The van der Waals surface area contributed by atoms with Gasteiger partial charge in [0.25, 0.3) is 0 Å². The summed E-state index contributed by atoms with van der Waals surface area (Å²) in [5.41, 5.74) is 7.69. The highest BCUT2D eigenvalue weighted by Crippen LogP contribution is 2.16. The molecule has 0 aliphatic heterocycles. The van der Waals surface area contributed by atoms with E-state index in [1.807, 2.05) is 50.2 Å². The van der Waals surface area contributed by atoms with Crippen LogP contribution >= 0.6 is 0 Å². The van der Waals surface area contributed by atoms with E-state index in [0.717, 1.165) is 17.0 Å². The van der Waals surface area contributed by atoms with Gasteiger partial charge in [-0.05, 0) is 55.8 Å². The third-order valence-electron chi connectivity index (χ3n) is 2.87. The van der Waals surface area contributed by atoms with E-state index in [-0.39, 0.29) is 11.9 Å². The molecule has 0 fully saturated rings. The number of anilines is 1. The summed E-state index contributed by atoms with van der Waals surface area (Å²) in [7, 11) is 0. The third-order valence-corrected chi connectivity index (χ3v) is 2.87. The predicted octanol–water partition coefficient (Wildman–Crippen LogP) is 3.11. The van der Waals surface area contributed by atoms with Gasteiger partial charge in [0.05, 0.1) is 12.6 Å². The summed E-state index contributed by atoms with van der Waals surface area (Å²) < 4.78 is 5.58. The molecule has 2 rings (SSSR count). The number of phenols is 1. The van der Waals surface area contributed by atoms with Gasteiger partial charge >= 0.3 is 0 Å². The first-order valence-corrected chi connectivity index (χ1v) is 7.14. The minimum absolute atomic E-state index is 0.149. The summed E-state index contributed by atoms with van der Waals surface area (Å²) in [5, 5.41) is 12.2. The molecule has 0 aliphatic rings. The first-order chi connectivity index (χ1) is 10.5. The normalized spacial score (nSPS) is 11.5. The van der Waals surface area contributed by atoms with E-state index in [2.05, 4.69) is 10.3 Å². The lowest BCUT2D eigenvalue weighted by molar-refractivity contribution is 0.242. The SMILES string of the molecule is CC(C)Oc1ccc(NC(N)=NCc2ccc(O)cc2)cc1. The molecule has 0 aliphatic carbocycles. The van der Waals surface area contributed by atoms with Gasteiger partial charge in [-0.2, -0.15) is 0 Å². The fourth-order valence-electron chi connectivity index (χ4n) is 1.85. The number of nitrogens with zero attached hydrogens (tertiary/aromatic N) is 1. The maximum absolute atomic E-state index is 9.22. The smallest absolute Gasteiger partial charge is 0.193 e. The van der Waals surface area contributed by atoms with Gasteiger partial charge in [0.15, 0.2) is 5.96 Å². The third kappa shape index (κ3) is 5.01. The minimum atomic E-state index is 0.149. The minimum Gasteiger partial charge on any atom is -0.508 e. The highest BCUT2D eigenvalue weighted by atomic mass is 16.5. The Morgan fingerprint density at radius 1 is 1.14 bits per heavy atom. The Hall–Kier alpha value is -2.69. The summed E-state index contributed by atoms with van der Waals surface area (Å²) >= 11 is 0. The number of hydrogen-bond donors (Lipinski definition) is 3. The lowest BCUT2D eigenvalue weighted by atomic mass is 10.2. The molecule has 0 radical (unpaired) electrons. The van der Waals surface area contributed by atoms with Crippen molar-refractivity contribution in [2.75, 3.05) is 5.32 Å². The molecule has 2 aromatic carbocycles. The van der Waals surface area contributed by atoms with Crippen LogP contribution in [0.4, 0.5) is 5.69 Å². The van der Waals surface area contributed by atoms with Gasteiger partial charge in [-0.15, -0.1) is 0 Å². The van der Waals surface area contributed by atoms with E-state index < -0.39 is 0 Å². The topological polar surface area (TPSA) is 79.9 Å². The summed E-state index contributed by atoms with van der Waals surface area (Å²) in [4.78, 5) is 4.26. The Morgan fingerprint density at radius 2 is 1.77 bits per heavy atom. The van der Waals surface area contributed by atoms with E-state index in [9.17, 15) is 5.11 Å². The number of phenolic OH excluding ortho intramolecular Hbond substituents is 1. The number of hydrogen-bond acceptors (Lipinski definition) is 3. The zero-order valence-electron chi connectivity index (χ0n) is 12.8. The number of nitrogens with one attached hydrogen (secondary N) is 1. The molecule has 0 heterocycles. The number of aromatic hydroxyl groups is 1. The quantitative estimate of drug-likeness (QED) is 0.585. The van der Waals surface area contributed by atoms with Crippen molar-refractivity contribution in [3.63, 3.8) is 0 Å². The fourth-order valence-corrected chi connectivity index (χ4v) is 1.85. The second-order valence-corrected chi connectivity index (χ2v) is 5.18. The Morgan fingerprint density at radius 3 is 2.36 bits per heavy atom. The van der Waals surface area contributed by atoms with Gasteiger partial charge in [0.1, 0.15) is 11.5 Å². The first-order valence-electron chi connectivity index (χ1n) is 7.14. The van der Waals surface area contributed by atoms with Gasteiger partial charge in [0, 0.05) is 5.69 Å². The predicted molar refractivity (Wildman–Crippen MR) is 89.3 cm³/mol. The van der Waals surface area contributed by atoms with Crippen molar-refractivity contribution < 1.29 is 9.84 Å². The fraction of sp³-hybridized carbons (Fsp3) is 0.235. The van der Waals surface area contributed by atoms with Gasteiger partial charge in [-0.3, -0.25) is 0 Å². The molecule has 5 nitrogen and oxygen atoms in total. The number of nitrogens with two attached hydrogens (primary N) is 1. The summed E-state index contributed by atoms with van der Waals surface area (Å²) in [5.74, 6) is 1.40. The Bertz CT molecular complexity index is 619. The molecule has 0 spiro atoms. The van der Waals surface area contributed by atoms with Crippen molar-refractivity contribution in [1.29, 1.82) is 0 Å². The van der Waals surface area contributed by atoms with Crippen LogP contribution in [0.2, 0.25) is 0 Å². The zero-order chi connectivity index (χ0) is 15.9. The largest absolute Gasteiger partial charge is 0.508 e. The number of benzene rings is 2. The molecule has 0 saturated heterocycles. The van der Waals surface area contributed by atoms with Crippen LogP contribution in [0, 0.1) is 0 Å². The highest BCUT2D eigenvalue weighted by molar-refractivity contribution is 5.92. The van der Waals surface area contributed by atoms with Crippen LogP contribution in [0.15, 0.2) is 53.5 Å². The van der Waals surface area contributed by atoms with Crippen molar-refractivity contribution in [3.05, 3.63) is 54.1 Å². The maximum atomic E-state index is 9.22. The lowest BCUT2D eigenvalue weighted by Gasteiger charge is -2.11. The van der Waals surface area contributed by atoms with Crippen molar-refractivity contribution in [2.45, 2.75) is 26.5 Å². The van der Waals surface area contributed by atoms with Crippen molar-refractivity contribution >= 4 is 11.6 Å². The van der Waals surface area contributed by atoms with E-state index in [1.54, 1.807) is 12.1 Å². The Balaban J connectivity index is 1.91. The number of guanidine groups is 1. The highest BCUT2D eigenvalue weighted by Gasteiger charge is 1.99. The van der Waals surface area contributed by atoms with E-state index in [1.165, 1.54) is 0 Å². The molecule has 0 unspecified atom stereocenters. The molecule has 0 amide bonds. The monoisotopic (exact) mass is 299 g/mol. The number of aliphatic imine (C=N–C) groups is 1. The second-order valence-electron chi connectivity index (χ2n) is 5.18. The molecule has 2 aromatic rings. The molecule has 5 heteroatoms. The van der Waals surface area contributed by atoms with E-state index in [4.69, 9.17) is 10.5 Å². The molecule has 4 N–H and O–H groups in total. The van der Waals surface area contributed by atoms with Crippen LogP contribution in [0.3, 0.4) is 0 Å². The molecular formula is C17H21N3O2. The summed E-state index contributed by atoms with van der Waals surface area (Å²) in [6.07, 6.45) is 0.149. The van der Waals surface area contributed by atoms with Crippen LogP contribution in [0.25, 0.3) is 0 Å². The number of rotatable bonds is 5. The second kappa shape index (κ2) is 7.36. The zero-order valence-corrected chi connectivity index (χ0v) is 12.8. The molecular weight excluding hydrogens is 278 g/mol. The van der Waals surface area contributed by atoms with Gasteiger partial charge in [0.2, 0.25) is 0 Å². The standard InChI is InChI=1S/C17H21N3O2/c1-12(2)22-16-9-5-14(6-10-16)20-17(18)19-11-13-3-7-15(21)8-4-13/h3-10,12,21H,11H2,1-2H3,(H3,18,19,20). The molecule has 0 bridgehead atoms. The van der Waals surface area contributed by atoms with E-state index in [0.29, 0.717) is 12.5 Å². The average Bonchev–Trinajstić information content (AvgIpc) is 2.48. The first kappa shape index (κ1) is 15.7.